The monoisotopic (exact) mass is 455 g/mol. The number of hydrogen-bond acceptors (Lipinski definition) is 5. The van der Waals surface area contributed by atoms with Crippen LogP contribution in [0.3, 0.4) is 0 Å². The fraction of sp³-hybridized carbons (Fsp3) is 0. The fourth-order valence-electron chi connectivity index (χ4n) is 2.38. The van der Waals surface area contributed by atoms with Crippen molar-refractivity contribution < 1.29 is 19.1 Å². The van der Waals surface area contributed by atoms with E-state index in [9.17, 15) is 14.4 Å². The molecule has 3 aromatic carbocycles. The summed E-state index contributed by atoms with van der Waals surface area (Å²) in [5.74, 6) is -2.12. The molecule has 0 aliphatic carbocycles. The minimum atomic E-state index is -0.949. The normalized spacial score (nSPS) is 10.5. The predicted molar refractivity (Wildman–Crippen MR) is 119 cm³/mol. The first-order valence-electron chi connectivity index (χ1n) is 8.88. The van der Waals surface area contributed by atoms with Crippen LogP contribution in [0, 0.1) is 0 Å². The molecule has 0 fully saturated rings. The molecule has 0 atom stereocenters. The molecule has 0 saturated carbocycles. The predicted octanol–water partition coefficient (Wildman–Crippen LogP) is 4.30. The first kappa shape index (κ1) is 22.0. The van der Waals surface area contributed by atoms with Crippen LogP contribution in [0.2, 0.25) is 10.0 Å². The number of halogens is 2. The topological polar surface area (TPSA) is 96.9 Å². The van der Waals surface area contributed by atoms with E-state index in [-0.39, 0.29) is 5.75 Å². The van der Waals surface area contributed by atoms with E-state index in [1.54, 1.807) is 66.7 Å². The van der Waals surface area contributed by atoms with Gasteiger partial charge in [-0.15, -0.1) is 0 Å². The molecule has 0 bridgehead atoms. The van der Waals surface area contributed by atoms with Crippen molar-refractivity contribution in [3.63, 3.8) is 0 Å². The number of hydrazone groups is 1. The Morgan fingerprint density at radius 2 is 1.58 bits per heavy atom. The molecule has 0 saturated heterocycles. The first-order valence-corrected chi connectivity index (χ1v) is 9.64. The standard InChI is InChI=1S/C22H15Cl2N3O4/c23-16-7-9-18(10-8-16)26-20(28)21(29)27-25-13-14-3-1-6-19(11-14)31-22(30)15-4-2-5-17(24)12-15/h1-13H,(H,26,28)(H,27,29)/b25-13+. The largest absolute Gasteiger partial charge is 0.423 e. The number of rotatable bonds is 5. The number of carbonyl (C=O) groups is 3. The summed E-state index contributed by atoms with van der Waals surface area (Å²) in [6, 6.07) is 19.1. The molecular weight excluding hydrogens is 441 g/mol. The van der Waals surface area contributed by atoms with Crippen LogP contribution in [0.4, 0.5) is 5.69 Å². The number of amides is 2. The SMILES string of the molecule is O=C(N/N=C/c1cccc(OC(=O)c2cccc(Cl)c2)c1)C(=O)Nc1ccc(Cl)cc1. The van der Waals surface area contributed by atoms with Gasteiger partial charge in [0.15, 0.2) is 0 Å². The molecule has 0 unspecified atom stereocenters. The van der Waals surface area contributed by atoms with Crippen molar-refractivity contribution in [2.24, 2.45) is 5.10 Å². The lowest BCUT2D eigenvalue weighted by Gasteiger charge is -2.05. The number of nitrogens with one attached hydrogen (secondary N) is 2. The Hall–Kier alpha value is -3.68. The smallest absolute Gasteiger partial charge is 0.343 e. The van der Waals surface area contributed by atoms with Crippen LogP contribution < -0.4 is 15.5 Å². The third kappa shape index (κ3) is 6.67. The van der Waals surface area contributed by atoms with Gasteiger partial charge in [0.25, 0.3) is 0 Å². The lowest BCUT2D eigenvalue weighted by molar-refractivity contribution is -0.136. The molecule has 2 N–H and O–H groups in total. The average molecular weight is 456 g/mol. The van der Waals surface area contributed by atoms with Gasteiger partial charge in [0.05, 0.1) is 11.8 Å². The molecule has 31 heavy (non-hydrogen) atoms. The van der Waals surface area contributed by atoms with Gasteiger partial charge in [-0.3, -0.25) is 9.59 Å². The van der Waals surface area contributed by atoms with Crippen LogP contribution >= 0.6 is 23.2 Å². The molecule has 0 heterocycles. The molecule has 3 rings (SSSR count). The number of anilines is 1. The second-order valence-electron chi connectivity index (χ2n) is 6.13. The third-order valence-corrected chi connectivity index (χ3v) is 4.30. The zero-order valence-corrected chi connectivity index (χ0v) is 17.4. The van der Waals surface area contributed by atoms with Gasteiger partial charge in [0.1, 0.15) is 5.75 Å². The molecular formula is C22H15Cl2N3O4. The van der Waals surface area contributed by atoms with Crippen LogP contribution in [0.15, 0.2) is 77.9 Å². The molecule has 7 nitrogen and oxygen atoms in total. The summed E-state index contributed by atoms with van der Waals surface area (Å²) in [4.78, 5) is 35.9. The molecule has 2 amide bonds. The van der Waals surface area contributed by atoms with Crippen LogP contribution in [0.5, 0.6) is 5.75 Å². The Balaban J connectivity index is 1.56. The Bertz CT molecular complexity index is 1150. The molecule has 0 aromatic heterocycles. The van der Waals surface area contributed by atoms with Crippen molar-refractivity contribution >= 4 is 52.9 Å². The molecule has 3 aromatic rings. The molecule has 0 radical (unpaired) electrons. The van der Waals surface area contributed by atoms with Gasteiger partial charge in [-0.25, -0.2) is 10.2 Å². The minimum Gasteiger partial charge on any atom is -0.423 e. The van der Waals surface area contributed by atoms with Crippen molar-refractivity contribution in [2.45, 2.75) is 0 Å². The van der Waals surface area contributed by atoms with Gasteiger partial charge >= 0.3 is 17.8 Å². The van der Waals surface area contributed by atoms with Gasteiger partial charge in [0.2, 0.25) is 0 Å². The summed E-state index contributed by atoms with van der Waals surface area (Å²) >= 11 is 11.6. The number of carbonyl (C=O) groups excluding carboxylic acids is 3. The third-order valence-electron chi connectivity index (χ3n) is 3.82. The molecule has 9 heteroatoms. The summed E-state index contributed by atoms with van der Waals surface area (Å²) < 4.78 is 5.32. The minimum absolute atomic E-state index is 0.278. The fourth-order valence-corrected chi connectivity index (χ4v) is 2.69. The van der Waals surface area contributed by atoms with Crippen molar-refractivity contribution in [1.82, 2.24) is 5.43 Å². The van der Waals surface area contributed by atoms with E-state index >= 15 is 0 Å². The van der Waals surface area contributed by atoms with E-state index in [1.165, 1.54) is 12.3 Å². The Morgan fingerprint density at radius 3 is 2.32 bits per heavy atom. The number of ether oxygens (including phenoxy) is 1. The number of esters is 1. The number of nitrogens with zero attached hydrogens (tertiary/aromatic N) is 1. The van der Waals surface area contributed by atoms with Crippen LogP contribution in [-0.2, 0) is 9.59 Å². The van der Waals surface area contributed by atoms with Crippen molar-refractivity contribution in [3.8, 4) is 5.75 Å². The zero-order chi connectivity index (χ0) is 22.2. The highest BCUT2D eigenvalue weighted by atomic mass is 35.5. The maximum Gasteiger partial charge on any atom is 0.343 e. The molecule has 0 aliphatic heterocycles. The Kier molecular flexibility index (Phi) is 7.37. The molecule has 156 valence electrons. The summed E-state index contributed by atoms with van der Waals surface area (Å²) in [7, 11) is 0. The van der Waals surface area contributed by atoms with E-state index in [1.807, 2.05) is 0 Å². The summed E-state index contributed by atoms with van der Waals surface area (Å²) in [5.41, 5.74) is 3.39. The van der Waals surface area contributed by atoms with E-state index in [0.717, 1.165) is 0 Å². The van der Waals surface area contributed by atoms with Gasteiger partial charge in [0, 0.05) is 15.7 Å². The highest BCUT2D eigenvalue weighted by molar-refractivity contribution is 6.39. The quantitative estimate of drug-likeness (QED) is 0.197. The zero-order valence-electron chi connectivity index (χ0n) is 15.8. The van der Waals surface area contributed by atoms with E-state index in [4.69, 9.17) is 27.9 Å². The van der Waals surface area contributed by atoms with Gasteiger partial charge in [-0.2, -0.15) is 5.10 Å². The second kappa shape index (κ2) is 10.4. The second-order valence-corrected chi connectivity index (χ2v) is 7.01. The van der Waals surface area contributed by atoms with E-state index < -0.39 is 17.8 Å². The van der Waals surface area contributed by atoms with Gasteiger partial charge in [-0.1, -0.05) is 41.4 Å². The van der Waals surface area contributed by atoms with Crippen LogP contribution in [0.25, 0.3) is 0 Å². The average Bonchev–Trinajstić information content (AvgIpc) is 2.75. The van der Waals surface area contributed by atoms with Crippen molar-refractivity contribution in [2.75, 3.05) is 5.32 Å². The lowest BCUT2D eigenvalue weighted by atomic mass is 10.2. The van der Waals surface area contributed by atoms with E-state index in [2.05, 4.69) is 15.8 Å². The van der Waals surface area contributed by atoms with E-state index in [0.29, 0.717) is 26.9 Å². The van der Waals surface area contributed by atoms with Gasteiger partial charge in [-0.05, 0) is 60.2 Å². The van der Waals surface area contributed by atoms with Crippen LogP contribution in [-0.4, -0.2) is 24.0 Å². The maximum atomic E-state index is 12.2. The number of benzene rings is 3. The highest BCUT2D eigenvalue weighted by Crippen LogP contribution is 2.17. The highest BCUT2D eigenvalue weighted by Gasteiger charge is 2.13. The van der Waals surface area contributed by atoms with Gasteiger partial charge < -0.3 is 10.1 Å². The Morgan fingerprint density at radius 1 is 0.839 bits per heavy atom. The molecule has 0 spiro atoms. The first-order chi connectivity index (χ1) is 14.9. The lowest BCUT2D eigenvalue weighted by Crippen LogP contribution is -2.32. The van der Waals surface area contributed by atoms with Crippen molar-refractivity contribution in [3.05, 3.63) is 94.0 Å². The maximum absolute atomic E-state index is 12.2. The summed E-state index contributed by atoms with van der Waals surface area (Å²) in [6.45, 7) is 0. The van der Waals surface area contributed by atoms with Crippen LogP contribution in [0.1, 0.15) is 15.9 Å². The number of hydrogen-bond donors (Lipinski definition) is 2. The summed E-state index contributed by atoms with van der Waals surface area (Å²) in [5, 5.41) is 7.09. The van der Waals surface area contributed by atoms with Crippen molar-refractivity contribution in [1.29, 1.82) is 0 Å². The Labute approximate surface area is 187 Å². The molecule has 0 aliphatic rings. The summed E-state index contributed by atoms with van der Waals surface area (Å²) in [6.07, 6.45) is 1.31.